The number of nitrogens with zero attached hydrogens (tertiary/aromatic N) is 3. The van der Waals surface area contributed by atoms with Gasteiger partial charge in [0.1, 0.15) is 0 Å². The molecule has 2 aromatic rings. The van der Waals surface area contributed by atoms with Gasteiger partial charge >= 0.3 is 0 Å². The topological polar surface area (TPSA) is 65.5 Å². The molecule has 3 rings (SSSR count). The highest BCUT2D eigenvalue weighted by molar-refractivity contribution is 7.09. The van der Waals surface area contributed by atoms with Gasteiger partial charge in [0.05, 0.1) is 10.7 Å². The highest BCUT2D eigenvalue weighted by Gasteiger charge is 2.27. The van der Waals surface area contributed by atoms with Crippen molar-refractivity contribution in [2.45, 2.75) is 38.5 Å². The van der Waals surface area contributed by atoms with E-state index in [9.17, 15) is 9.59 Å². The molecule has 0 saturated carbocycles. The molecule has 0 aliphatic carbocycles. The summed E-state index contributed by atoms with van der Waals surface area (Å²) in [7, 11) is 3.98. The second-order valence-electron chi connectivity index (χ2n) is 7.66. The zero-order chi connectivity index (χ0) is 20.8. The van der Waals surface area contributed by atoms with Crippen LogP contribution < -0.4 is 10.2 Å². The van der Waals surface area contributed by atoms with Gasteiger partial charge in [-0.2, -0.15) is 0 Å². The van der Waals surface area contributed by atoms with Crippen LogP contribution in [0, 0.1) is 0 Å². The molecule has 1 saturated heterocycles. The molecule has 7 heteroatoms. The lowest BCUT2D eigenvalue weighted by Crippen LogP contribution is -2.39. The van der Waals surface area contributed by atoms with Crippen molar-refractivity contribution < 1.29 is 9.59 Å². The molecular weight excluding hydrogens is 384 g/mol. The predicted octanol–water partition coefficient (Wildman–Crippen LogP) is 3.30. The maximum Gasteiger partial charge on any atom is 0.253 e. The number of carbonyl (C=O) groups is 2. The summed E-state index contributed by atoms with van der Waals surface area (Å²) in [6.07, 6.45) is 3.30. The minimum absolute atomic E-state index is 0.0699. The van der Waals surface area contributed by atoms with Crippen molar-refractivity contribution in [1.29, 1.82) is 0 Å². The third kappa shape index (κ3) is 5.56. The van der Waals surface area contributed by atoms with E-state index < -0.39 is 0 Å². The molecule has 156 valence electrons. The number of carbonyl (C=O) groups excluding carboxylic acids is 2. The summed E-state index contributed by atoms with van der Waals surface area (Å²) in [6, 6.07) is 7.79. The number of rotatable bonds is 7. The molecule has 29 heavy (non-hydrogen) atoms. The molecule has 0 bridgehead atoms. The van der Waals surface area contributed by atoms with Gasteiger partial charge < -0.3 is 15.1 Å². The first-order chi connectivity index (χ1) is 14.0. The van der Waals surface area contributed by atoms with E-state index in [1.54, 1.807) is 11.3 Å². The van der Waals surface area contributed by atoms with E-state index >= 15 is 0 Å². The molecule has 1 aromatic carbocycles. The molecule has 1 fully saturated rings. The molecule has 2 heterocycles. The van der Waals surface area contributed by atoms with E-state index in [2.05, 4.69) is 10.7 Å². The van der Waals surface area contributed by atoms with Crippen molar-refractivity contribution in [2.24, 2.45) is 0 Å². The summed E-state index contributed by atoms with van der Waals surface area (Å²) < 4.78 is 0. The smallest absolute Gasteiger partial charge is 0.253 e. The molecule has 0 spiro atoms. The van der Waals surface area contributed by atoms with Gasteiger partial charge in [-0.15, -0.1) is 11.3 Å². The van der Waals surface area contributed by atoms with Gasteiger partial charge in [0.2, 0.25) is 5.91 Å². The van der Waals surface area contributed by atoms with Gasteiger partial charge in [-0.25, -0.2) is 4.98 Å². The van der Waals surface area contributed by atoms with E-state index in [1.165, 1.54) is 0 Å². The van der Waals surface area contributed by atoms with E-state index in [1.807, 2.05) is 55.1 Å². The van der Waals surface area contributed by atoms with Crippen LogP contribution >= 0.6 is 11.3 Å². The first kappa shape index (κ1) is 21.3. The van der Waals surface area contributed by atoms with Crippen LogP contribution in [-0.2, 0) is 11.2 Å². The van der Waals surface area contributed by atoms with Gasteiger partial charge in [-0.05, 0) is 37.1 Å². The Morgan fingerprint density at radius 3 is 2.72 bits per heavy atom. The fraction of sp³-hybridized carbons (Fsp3) is 0.500. The van der Waals surface area contributed by atoms with Crippen molar-refractivity contribution in [3.05, 3.63) is 45.9 Å². The predicted molar refractivity (Wildman–Crippen MR) is 118 cm³/mol. The molecule has 2 amide bonds. The molecule has 1 atom stereocenters. The Hall–Kier alpha value is -2.41. The third-order valence-electron chi connectivity index (χ3n) is 5.28. The van der Waals surface area contributed by atoms with Gasteiger partial charge in [0.15, 0.2) is 0 Å². The van der Waals surface area contributed by atoms with Crippen LogP contribution in [0.15, 0.2) is 29.6 Å². The molecule has 1 aliphatic rings. The summed E-state index contributed by atoms with van der Waals surface area (Å²) in [5.74, 6) is 0.456. The lowest BCUT2D eigenvalue weighted by Gasteiger charge is -2.32. The minimum atomic E-state index is 0.0699. The van der Waals surface area contributed by atoms with Crippen molar-refractivity contribution in [1.82, 2.24) is 15.2 Å². The molecule has 0 radical (unpaired) electrons. The first-order valence-corrected chi connectivity index (χ1v) is 11.1. The fourth-order valence-corrected chi connectivity index (χ4v) is 4.51. The van der Waals surface area contributed by atoms with Gasteiger partial charge in [0, 0.05) is 69.1 Å². The number of thiazole rings is 1. The zero-order valence-corrected chi connectivity index (χ0v) is 18.3. The van der Waals surface area contributed by atoms with E-state index in [4.69, 9.17) is 4.98 Å². The first-order valence-electron chi connectivity index (χ1n) is 10.3. The third-order valence-corrected chi connectivity index (χ3v) is 6.34. The van der Waals surface area contributed by atoms with E-state index in [0.717, 1.165) is 47.8 Å². The number of hydrogen-bond donors (Lipinski definition) is 1. The molecule has 1 aromatic heterocycles. The van der Waals surface area contributed by atoms with Gasteiger partial charge in [-0.3, -0.25) is 9.59 Å². The van der Waals surface area contributed by atoms with Crippen molar-refractivity contribution in [3.8, 4) is 0 Å². The summed E-state index contributed by atoms with van der Waals surface area (Å²) in [6.45, 7) is 3.98. The SMILES string of the molecule is CCC(=O)NCCc1csc([C@@H]2CCCN(C(=O)c3ccc(N(C)C)cc3)C2)n1. The number of likely N-dealkylation sites (tertiary alicyclic amines) is 1. The summed E-state index contributed by atoms with van der Waals surface area (Å²) >= 11 is 1.67. The average molecular weight is 415 g/mol. The zero-order valence-electron chi connectivity index (χ0n) is 17.5. The Kier molecular flexibility index (Phi) is 7.25. The number of benzene rings is 1. The number of hydrogen-bond acceptors (Lipinski definition) is 5. The number of piperidine rings is 1. The number of anilines is 1. The lowest BCUT2D eigenvalue weighted by atomic mass is 9.98. The maximum atomic E-state index is 13.0. The normalized spacial score (nSPS) is 16.5. The maximum absolute atomic E-state index is 13.0. The summed E-state index contributed by atoms with van der Waals surface area (Å²) in [5.41, 5.74) is 2.84. The number of amides is 2. The number of nitrogens with one attached hydrogen (secondary N) is 1. The standard InChI is InChI=1S/C22H30N4O2S/c1-4-20(27)23-12-11-18-15-29-21(24-18)17-6-5-13-26(14-17)22(28)16-7-9-19(10-8-16)25(2)3/h7-10,15,17H,4-6,11-14H2,1-3H3,(H,23,27)/t17-/m1/s1. The van der Waals surface area contributed by atoms with E-state index in [0.29, 0.717) is 19.5 Å². The quantitative estimate of drug-likeness (QED) is 0.755. The van der Waals surface area contributed by atoms with Crippen LogP contribution in [0.4, 0.5) is 5.69 Å². The molecular formula is C22H30N4O2S. The minimum Gasteiger partial charge on any atom is -0.378 e. The number of aromatic nitrogens is 1. The molecule has 1 aliphatic heterocycles. The second-order valence-corrected chi connectivity index (χ2v) is 8.55. The Labute approximate surface area is 176 Å². The van der Waals surface area contributed by atoms with Gasteiger partial charge in [-0.1, -0.05) is 6.92 Å². The van der Waals surface area contributed by atoms with Crippen molar-refractivity contribution >= 4 is 28.8 Å². The van der Waals surface area contributed by atoms with E-state index in [-0.39, 0.29) is 17.7 Å². The Balaban J connectivity index is 1.59. The van der Waals surface area contributed by atoms with Crippen LogP contribution in [-0.4, -0.2) is 55.4 Å². The summed E-state index contributed by atoms with van der Waals surface area (Å²) in [5, 5.41) is 6.07. The van der Waals surface area contributed by atoms with Crippen molar-refractivity contribution in [2.75, 3.05) is 38.6 Å². The molecule has 6 nitrogen and oxygen atoms in total. The van der Waals surface area contributed by atoms with Crippen LogP contribution in [0.1, 0.15) is 53.2 Å². The Bertz CT molecular complexity index is 832. The van der Waals surface area contributed by atoms with Crippen LogP contribution in [0.3, 0.4) is 0 Å². The van der Waals surface area contributed by atoms with Crippen LogP contribution in [0.5, 0.6) is 0 Å². The summed E-state index contributed by atoms with van der Waals surface area (Å²) in [4.78, 5) is 33.1. The van der Waals surface area contributed by atoms with Crippen LogP contribution in [0.2, 0.25) is 0 Å². The van der Waals surface area contributed by atoms with Crippen LogP contribution in [0.25, 0.3) is 0 Å². The largest absolute Gasteiger partial charge is 0.378 e. The molecule has 1 N–H and O–H groups in total. The van der Waals surface area contributed by atoms with Crippen molar-refractivity contribution in [3.63, 3.8) is 0 Å². The lowest BCUT2D eigenvalue weighted by molar-refractivity contribution is -0.120. The highest BCUT2D eigenvalue weighted by atomic mass is 32.1. The average Bonchev–Trinajstić information content (AvgIpc) is 3.22. The fourth-order valence-electron chi connectivity index (χ4n) is 3.53. The monoisotopic (exact) mass is 414 g/mol. The molecule has 0 unspecified atom stereocenters. The Morgan fingerprint density at radius 2 is 2.03 bits per heavy atom. The highest BCUT2D eigenvalue weighted by Crippen LogP contribution is 2.30. The van der Waals surface area contributed by atoms with Gasteiger partial charge in [0.25, 0.3) is 5.91 Å². The Morgan fingerprint density at radius 1 is 1.28 bits per heavy atom. The second kappa shape index (κ2) is 9.87.